The lowest BCUT2D eigenvalue weighted by molar-refractivity contribution is 0.119. The van der Waals surface area contributed by atoms with Gasteiger partial charge in [0.25, 0.3) is 0 Å². The van der Waals surface area contributed by atoms with Gasteiger partial charge in [-0.05, 0) is 51.5 Å². The first-order chi connectivity index (χ1) is 8.00. The van der Waals surface area contributed by atoms with Crippen molar-refractivity contribution in [3.63, 3.8) is 0 Å². The summed E-state index contributed by atoms with van der Waals surface area (Å²) >= 11 is 0. The first kappa shape index (κ1) is 15.0. The highest BCUT2D eigenvalue weighted by atomic mass is 15.2. The molecule has 1 N–H and O–H groups in total. The zero-order valence-corrected chi connectivity index (χ0v) is 12.6. The Bertz CT molecular complexity index is 203. The molecule has 1 rings (SSSR count). The lowest BCUT2D eigenvalue weighted by Crippen LogP contribution is -2.45. The maximum Gasteiger partial charge on any atom is 0.00503 e. The van der Waals surface area contributed by atoms with Crippen molar-refractivity contribution in [3.8, 4) is 0 Å². The van der Waals surface area contributed by atoms with E-state index in [1.165, 1.54) is 38.8 Å². The average Bonchev–Trinajstić information content (AvgIpc) is 3.01. The van der Waals surface area contributed by atoms with Crippen LogP contribution in [0.3, 0.4) is 0 Å². The summed E-state index contributed by atoms with van der Waals surface area (Å²) in [6.45, 7) is 13.1. The third-order valence-electron chi connectivity index (χ3n) is 3.96. The third kappa shape index (κ3) is 5.39. The van der Waals surface area contributed by atoms with Crippen LogP contribution in [0.25, 0.3) is 0 Å². The first-order valence-electron chi connectivity index (χ1n) is 7.39. The molecule has 2 nitrogen and oxygen atoms in total. The molecule has 0 aromatic carbocycles. The number of hydrogen-bond donors (Lipinski definition) is 1. The van der Waals surface area contributed by atoms with Gasteiger partial charge < -0.3 is 10.2 Å². The predicted molar refractivity (Wildman–Crippen MR) is 76.4 cm³/mol. The van der Waals surface area contributed by atoms with Crippen LogP contribution in [-0.4, -0.2) is 37.6 Å². The SMILES string of the molecule is CCCC(C)(CNC)CN(CC1CC1)C(C)C. The van der Waals surface area contributed by atoms with Gasteiger partial charge in [0.15, 0.2) is 0 Å². The largest absolute Gasteiger partial charge is 0.319 e. The number of nitrogens with one attached hydrogen (secondary N) is 1. The fourth-order valence-electron chi connectivity index (χ4n) is 2.83. The van der Waals surface area contributed by atoms with Crippen molar-refractivity contribution in [2.75, 3.05) is 26.7 Å². The van der Waals surface area contributed by atoms with Gasteiger partial charge in [0, 0.05) is 25.7 Å². The van der Waals surface area contributed by atoms with E-state index in [9.17, 15) is 0 Å². The molecular weight excluding hydrogens is 208 g/mol. The summed E-state index contributed by atoms with van der Waals surface area (Å²) < 4.78 is 0. The van der Waals surface area contributed by atoms with Crippen LogP contribution in [-0.2, 0) is 0 Å². The van der Waals surface area contributed by atoms with Gasteiger partial charge in [0.05, 0.1) is 0 Å². The first-order valence-corrected chi connectivity index (χ1v) is 7.39. The van der Waals surface area contributed by atoms with E-state index in [4.69, 9.17) is 0 Å². The highest BCUT2D eigenvalue weighted by Crippen LogP contribution is 2.32. The van der Waals surface area contributed by atoms with Crippen LogP contribution < -0.4 is 5.32 Å². The topological polar surface area (TPSA) is 15.3 Å². The van der Waals surface area contributed by atoms with Gasteiger partial charge in [0.1, 0.15) is 0 Å². The predicted octanol–water partition coefficient (Wildman–Crippen LogP) is 3.13. The summed E-state index contributed by atoms with van der Waals surface area (Å²) in [6.07, 6.45) is 5.52. The Morgan fingerprint density at radius 3 is 2.41 bits per heavy atom. The van der Waals surface area contributed by atoms with Crippen molar-refractivity contribution in [2.24, 2.45) is 11.3 Å². The molecule has 0 radical (unpaired) electrons. The molecule has 0 heterocycles. The minimum absolute atomic E-state index is 0.433. The second-order valence-corrected chi connectivity index (χ2v) is 6.56. The van der Waals surface area contributed by atoms with Crippen molar-refractivity contribution in [1.29, 1.82) is 0 Å². The van der Waals surface area contributed by atoms with E-state index in [1.807, 2.05) is 0 Å². The van der Waals surface area contributed by atoms with Gasteiger partial charge in [0.2, 0.25) is 0 Å². The van der Waals surface area contributed by atoms with E-state index < -0.39 is 0 Å². The molecule has 0 aromatic rings. The maximum absolute atomic E-state index is 3.38. The summed E-state index contributed by atoms with van der Waals surface area (Å²) in [5.74, 6) is 0.998. The van der Waals surface area contributed by atoms with Crippen LogP contribution in [0.15, 0.2) is 0 Å². The quantitative estimate of drug-likeness (QED) is 0.666. The van der Waals surface area contributed by atoms with E-state index in [2.05, 4.69) is 45.0 Å². The van der Waals surface area contributed by atoms with E-state index in [0.717, 1.165) is 12.5 Å². The molecule has 1 aliphatic rings. The van der Waals surface area contributed by atoms with E-state index in [1.54, 1.807) is 0 Å². The van der Waals surface area contributed by atoms with E-state index in [-0.39, 0.29) is 0 Å². The van der Waals surface area contributed by atoms with Crippen molar-refractivity contribution >= 4 is 0 Å². The molecular formula is C15H32N2. The van der Waals surface area contributed by atoms with Crippen molar-refractivity contribution in [1.82, 2.24) is 10.2 Å². The van der Waals surface area contributed by atoms with E-state index >= 15 is 0 Å². The summed E-state index contributed by atoms with van der Waals surface area (Å²) in [5.41, 5.74) is 0.433. The normalized spacial score (nSPS) is 19.9. The van der Waals surface area contributed by atoms with Crippen LogP contribution in [0.4, 0.5) is 0 Å². The van der Waals surface area contributed by atoms with Gasteiger partial charge in [-0.3, -0.25) is 0 Å². The molecule has 1 unspecified atom stereocenters. The summed E-state index contributed by atoms with van der Waals surface area (Å²) in [4.78, 5) is 2.70. The Morgan fingerprint density at radius 1 is 1.35 bits per heavy atom. The second-order valence-electron chi connectivity index (χ2n) is 6.56. The summed E-state index contributed by atoms with van der Waals surface area (Å²) in [7, 11) is 2.08. The molecule has 0 saturated heterocycles. The molecule has 0 bridgehead atoms. The van der Waals surface area contributed by atoms with Gasteiger partial charge in [-0.1, -0.05) is 20.3 Å². The lowest BCUT2D eigenvalue weighted by atomic mass is 9.84. The Hall–Kier alpha value is -0.0800. The monoisotopic (exact) mass is 240 g/mol. The Balaban J connectivity index is 2.53. The zero-order valence-electron chi connectivity index (χ0n) is 12.6. The molecule has 0 spiro atoms. The molecule has 1 fully saturated rings. The molecule has 0 aliphatic heterocycles. The number of nitrogens with zero attached hydrogens (tertiary/aromatic N) is 1. The fraction of sp³-hybridized carbons (Fsp3) is 1.00. The zero-order chi connectivity index (χ0) is 12.9. The molecule has 0 aromatic heterocycles. The molecule has 1 atom stereocenters. The summed E-state index contributed by atoms with van der Waals surface area (Å²) in [6, 6.07) is 0.684. The fourth-order valence-corrected chi connectivity index (χ4v) is 2.83. The highest BCUT2D eigenvalue weighted by molar-refractivity contribution is 4.85. The Morgan fingerprint density at radius 2 is 2.00 bits per heavy atom. The van der Waals surface area contributed by atoms with Gasteiger partial charge >= 0.3 is 0 Å². The van der Waals surface area contributed by atoms with Crippen LogP contribution in [0, 0.1) is 11.3 Å². The lowest BCUT2D eigenvalue weighted by Gasteiger charge is -2.38. The number of rotatable bonds is 9. The second kappa shape index (κ2) is 6.75. The van der Waals surface area contributed by atoms with Crippen LogP contribution in [0.2, 0.25) is 0 Å². The minimum atomic E-state index is 0.433. The average molecular weight is 240 g/mol. The molecule has 1 aliphatic carbocycles. The van der Waals surface area contributed by atoms with Gasteiger partial charge in [-0.25, -0.2) is 0 Å². The standard InChI is InChI=1S/C15H32N2/c1-6-9-15(4,11-16-5)12-17(13(2)3)10-14-7-8-14/h13-14,16H,6-12H2,1-5H3. The maximum atomic E-state index is 3.38. The van der Waals surface area contributed by atoms with Crippen molar-refractivity contribution in [2.45, 2.75) is 59.4 Å². The molecule has 2 heteroatoms. The van der Waals surface area contributed by atoms with Crippen LogP contribution in [0.1, 0.15) is 53.4 Å². The Labute approximate surface area is 108 Å². The molecule has 102 valence electrons. The highest BCUT2D eigenvalue weighted by Gasteiger charge is 2.31. The molecule has 17 heavy (non-hydrogen) atoms. The van der Waals surface area contributed by atoms with Crippen molar-refractivity contribution < 1.29 is 0 Å². The minimum Gasteiger partial charge on any atom is -0.319 e. The van der Waals surface area contributed by atoms with Crippen LogP contribution in [0.5, 0.6) is 0 Å². The van der Waals surface area contributed by atoms with Crippen molar-refractivity contribution in [3.05, 3.63) is 0 Å². The Kier molecular flexibility index (Phi) is 5.94. The van der Waals surface area contributed by atoms with Gasteiger partial charge in [-0.2, -0.15) is 0 Å². The summed E-state index contributed by atoms with van der Waals surface area (Å²) in [5, 5.41) is 3.38. The van der Waals surface area contributed by atoms with Crippen LogP contribution >= 0.6 is 0 Å². The molecule has 0 amide bonds. The van der Waals surface area contributed by atoms with Gasteiger partial charge in [-0.15, -0.1) is 0 Å². The number of hydrogen-bond acceptors (Lipinski definition) is 2. The van der Waals surface area contributed by atoms with E-state index in [0.29, 0.717) is 11.5 Å². The third-order valence-corrected chi connectivity index (χ3v) is 3.96. The molecule has 1 saturated carbocycles. The smallest absolute Gasteiger partial charge is 0.00503 e.